The van der Waals surface area contributed by atoms with E-state index >= 15 is 0 Å². The van der Waals surface area contributed by atoms with Crippen molar-refractivity contribution in [2.24, 2.45) is 0 Å². The summed E-state index contributed by atoms with van der Waals surface area (Å²) in [7, 11) is 0. The summed E-state index contributed by atoms with van der Waals surface area (Å²) in [5.41, 5.74) is 5.44. The maximum Gasteiger partial charge on any atom is 0.255 e. The lowest BCUT2D eigenvalue weighted by molar-refractivity contribution is 0.102. The fourth-order valence-electron chi connectivity index (χ4n) is 1.65. The van der Waals surface area contributed by atoms with Gasteiger partial charge in [0.05, 0.1) is 0 Å². The summed E-state index contributed by atoms with van der Waals surface area (Å²) in [5.74, 6) is -7.51. The molecule has 3 nitrogen and oxygen atoms in total. The highest BCUT2D eigenvalue weighted by Gasteiger charge is 2.21. The van der Waals surface area contributed by atoms with Gasteiger partial charge < -0.3 is 11.1 Å². The number of nitrogens with two attached hydrogens (primary N) is 1. The summed E-state index contributed by atoms with van der Waals surface area (Å²) >= 11 is 0. The fraction of sp³-hybridized carbons (Fsp3) is 0.0714. The first-order chi connectivity index (χ1) is 9.81. The van der Waals surface area contributed by atoms with Crippen LogP contribution in [-0.2, 0) is 0 Å². The van der Waals surface area contributed by atoms with Crippen LogP contribution in [0.5, 0.6) is 0 Å². The third-order valence-electron chi connectivity index (χ3n) is 2.89. The minimum atomic E-state index is -1.68. The van der Waals surface area contributed by atoms with Crippen molar-refractivity contribution in [3.05, 3.63) is 58.7 Å². The van der Waals surface area contributed by atoms with Crippen molar-refractivity contribution >= 4 is 17.3 Å². The molecule has 21 heavy (non-hydrogen) atoms. The van der Waals surface area contributed by atoms with Gasteiger partial charge in [-0.3, -0.25) is 4.79 Å². The summed E-state index contributed by atoms with van der Waals surface area (Å²) in [6, 6.07) is 4.25. The molecule has 0 radical (unpaired) electrons. The van der Waals surface area contributed by atoms with Gasteiger partial charge in [-0.2, -0.15) is 0 Å². The molecule has 0 unspecified atom stereocenters. The average Bonchev–Trinajstić information content (AvgIpc) is 2.44. The Morgan fingerprint density at radius 2 is 1.62 bits per heavy atom. The van der Waals surface area contributed by atoms with E-state index in [1.54, 1.807) is 12.2 Å². The monoisotopic (exact) mass is 298 g/mol. The molecule has 7 heteroatoms. The van der Waals surface area contributed by atoms with Crippen LogP contribution in [0.2, 0.25) is 0 Å². The third kappa shape index (κ3) is 2.81. The smallest absolute Gasteiger partial charge is 0.255 e. The van der Waals surface area contributed by atoms with Crippen molar-refractivity contribution < 1.29 is 22.4 Å². The van der Waals surface area contributed by atoms with Crippen LogP contribution in [0.15, 0.2) is 24.3 Å². The summed E-state index contributed by atoms with van der Waals surface area (Å²) in [4.78, 5) is 11.9. The lowest BCUT2D eigenvalue weighted by Crippen LogP contribution is -2.16. The summed E-state index contributed by atoms with van der Waals surface area (Å²) in [5, 5.41) is 1.80. The van der Waals surface area contributed by atoms with Gasteiger partial charge in [-0.15, -0.1) is 0 Å². The van der Waals surface area contributed by atoms with Crippen LogP contribution >= 0.6 is 0 Å². The number of carbonyl (C=O) groups excluding carboxylic acids is 1. The van der Waals surface area contributed by atoms with Crippen LogP contribution in [0.25, 0.3) is 0 Å². The highest BCUT2D eigenvalue weighted by Crippen LogP contribution is 2.25. The number of halogens is 4. The fourth-order valence-corrected chi connectivity index (χ4v) is 1.65. The summed E-state index contributed by atoms with van der Waals surface area (Å²) in [6.45, 7) is 1.71. The van der Waals surface area contributed by atoms with Crippen LogP contribution in [0.1, 0.15) is 15.9 Å². The Bertz CT molecular complexity index is 705. The molecule has 0 saturated carbocycles. The number of carbonyl (C=O) groups is 1. The first-order valence-corrected chi connectivity index (χ1v) is 5.81. The van der Waals surface area contributed by atoms with E-state index in [9.17, 15) is 22.4 Å². The van der Waals surface area contributed by atoms with Crippen molar-refractivity contribution in [3.63, 3.8) is 0 Å². The highest BCUT2D eigenvalue weighted by atomic mass is 19.2. The van der Waals surface area contributed by atoms with E-state index in [-0.39, 0.29) is 11.6 Å². The van der Waals surface area contributed by atoms with Crippen molar-refractivity contribution in [1.29, 1.82) is 0 Å². The zero-order valence-corrected chi connectivity index (χ0v) is 10.8. The molecule has 0 atom stereocenters. The summed E-state index contributed by atoms with van der Waals surface area (Å²) in [6.07, 6.45) is 0. The highest BCUT2D eigenvalue weighted by molar-refractivity contribution is 6.05. The second-order valence-electron chi connectivity index (χ2n) is 4.37. The molecule has 0 aliphatic rings. The SMILES string of the molecule is Cc1ccc(C(=O)Nc2c(F)c(F)cc(F)c2F)cc1N. The Kier molecular flexibility index (Phi) is 3.84. The maximum absolute atomic E-state index is 13.4. The van der Waals surface area contributed by atoms with Gasteiger partial charge in [0.1, 0.15) is 5.69 Å². The van der Waals surface area contributed by atoms with E-state index in [0.717, 1.165) is 0 Å². The second kappa shape index (κ2) is 5.43. The third-order valence-corrected chi connectivity index (χ3v) is 2.89. The Hall–Kier alpha value is -2.57. The topological polar surface area (TPSA) is 55.1 Å². The largest absolute Gasteiger partial charge is 0.398 e. The molecule has 2 aromatic rings. The van der Waals surface area contributed by atoms with Gasteiger partial charge in [0.2, 0.25) is 0 Å². The van der Waals surface area contributed by atoms with Crippen molar-refractivity contribution in [2.45, 2.75) is 6.92 Å². The lowest BCUT2D eigenvalue weighted by Gasteiger charge is -2.10. The molecule has 110 valence electrons. The Morgan fingerprint density at radius 3 is 2.14 bits per heavy atom. The number of hydrogen-bond acceptors (Lipinski definition) is 2. The molecule has 2 rings (SSSR count). The van der Waals surface area contributed by atoms with Gasteiger partial charge >= 0.3 is 0 Å². The second-order valence-corrected chi connectivity index (χ2v) is 4.37. The van der Waals surface area contributed by atoms with Gasteiger partial charge in [0.25, 0.3) is 5.91 Å². The average molecular weight is 298 g/mol. The van der Waals surface area contributed by atoms with E-state index in [1.807, 2.05) is 0 Å². The molecule has 0 heterocycles. The molecule has 0 saturated heterocycles. The zero-order chi connectivity index (χ0) is 15.7. The number of nitrogens with one attached hydrogen (secondary N) is 1. The minimum absolute atomic E-state index is 0.00145. The predicted molar refractivity (Wildman–Crippen MR) is 69.8 cm³/mol. The quantitative estimate of drug-likeness (QED) is 0.507. The van der Waals surface area contributed by atoms with E-state index in [4.69, 9.17) is 5.73 Å². The first-order valence-electron chi connectivity index (χ1n) is 5.81. The van der Waals surface area contributed by atoms with Crippen molar-refractivity contribution in [1.82, 2.24) is 0 Å². The number of nitrogen functional groups attached to an aromatic ring is 1. The predicted octanol–water partition coefficient (Wildman–Crippen LogP) is 3.39. The molecule has 0 aliphatic heterocycles. The molecule has 3 N–H and O–H groups in total. The first kappa shape index (κ1) is 14.8. The standard InChI is InChI=1S/C14H10F4N2O/c1-6-2-3-7(4-10(6)19)14(21)20-13-11(17)8(15)5-9(16)12(13)18/h2-5H,19H2,1H3,(H,20,21). The Morgan fingerprint density at radius 1 is 1.05 bits per heavy atom. The molecular formula is C14H10F4N2O. The molecular weight excluding hydrogens is 288 g/mol. The number of anilines is 2. The molecule has 0 aliphatic carbocycles. The molecule has 0 aromatic heterocycles. The van der Waals surface area contributed by atoms with Crippen LogP contribution in [0.3, 0.4) is 0 Å². The normalized spacial score (nSPS) is 10.5. The number of hydrogen-bond donors (Lipinski definition) is 2. The van der Waals surface area contributed by atoms with Crippen LogP contribution in [0.4, 0.5) is 28.9 Å². The Labute approximate surface area is 117 Å². The van der Waals surface area contributed by atoms with E-state index in [1.165, 1.54) is 18.2 Å². The van der Waals surface area contributed by atoms with Gasteiger partial charge in [-0.1, -0.05) is 6.07 Å². The van der Waals surface area contributed by atoms with Crippen LogP contribution < -0.4 is 11.1 Å². The number of rotatable bonds is 2. The van der Waals surface area contributed by atoms with Gasteiger partial charge in [0.15, 0.2) is 23.3 Å². The lowest BCUT2D eigenvalue weighted by atomic mass is 10.1. The Balaban J connectivity index is 2.38. The van der Waals surface area contributed by atoms with Gasteiger partial charge in [-0.05, 0) is 24.6 Å². The van der Waals surface area contributed by atoms with Gasteiger partial charge in [-0.25, -0.2) is 17.6 Å². The van der Waals surface area contributed by atoms with Crippen molar-refractivity contribution in [2.75, 3.05) is 11.1 Å². The maximum atomic E-state index is 13.4. The summed E-state index contributed by atoms with van der Waals surface area (Å²) < 4.78 is 53.0. The zero-order valence-electron chi connectivity index (χ0n) is 10.8. The molecule has 0 spiro atoms. The number of amides is 1. The van der Waals surface area contributed by atoms with Crippen LogP contribution in [-0.4, -0.2) is 5.91 Å². The molecule has 0 fully saturated rings. The molecule has 1 amide bonds. The number of aryl methyl sites for hydroxylation is 1. The van der Waals surface area contributed by atoms with E-state index < -0.39 is 34.9 Å². The number of benzene rings is 2. The van der Waals surface area contributed by atoms with Crippen molar-refractivity contribution in [3.8, 4) is 0 Å². The minimum Gasteiger partial charge on any atom is -0.398 e. The van der Waals surface area contributed by atoms with Crippen LogP contribution in [0, 0.1) is 30.2 Å². The molecule has 0 bridgehead atoms. The van der Waals surface area contributed by atoms with E-state index in [2.05, 4.69) is 0 Å². The molecule has 2 aromatic carbocycles. The van der Waals surface area contributed by atoms with Gasteiger partial charge in [0, 0.05) is 17.3 Å². The van der Waals surface area contributed by atoms with E-state index in [0.29, 0.717) is 11.3 Å².